The number of benzene rings is 1. The van der Waals surface area contributed by atoms with Crippen LogP contribution in [0.2, 0.25) is 0 Å². The highest BCUT2D eigenvalue weighted by atomic mass is 19.1. The predicted molar refractivity (Wildman–Crippen MR) is 60.1 cm³/mol. The highest BCUT2D eigenvalue weighted by Gasteiger charge is 2.23. The van der Waals surface area contributed by atoms with Gasteiger partial charge >= 0.3 is 11.7 Å². The molecule has 18 heavy (non-hydrogen) atoms. The quantitative estimate of drug-likeness (QED) is 0.348. The van der Waals surface area contributed by atoms with Crippen molar-refractivity contribution in [2.45, 2.75) is 0 Å². The summed E-state index contributed by atoms with van der Waals surface area (Å²) in [4.78, 5) is 21.1. The van der Waals surface area contributed by atoms with Gasteiger partial charge in [0.15, 0.2) is 5.75 Å². The van der Waals surface area contributed by atoms with Crippen LogP contribution in [-0.2, 0) is 4.74 Å². The molecule has 0 saturated carbocycles. The second-order valence-electron chi connectivity index (χ2n) is 3.15. The van der Waals surface area contributed by atoms with Crippen molar-refractivity contribution >= 4 is 11.7 Å². The van der Waals surface area contributed by atoms with E-state index in [9.17, 15) is 19.3 Å². The van der Waals surface area contributed by atoms with E-state index in [1.807, 2.05) is 0 Å². The van der Waals surface area contributed by atoms with Gasteiger partial charge in [0.05, 0.1) is 23.7 Å². The van der Waals surface area contributed by atoms with Gasteiger partial charge < -0.3 is 9.47 Å². The molecule has 0 unspecified atom stereocenters. The maximum atomic E-state index is 13.5. The van der Waals surface area contributed by atoms with Crippen molar-refractivity contribution in [1.82, 2.24) is 0 Å². The predicted octanol–water partition coefficient (Wildman–Crippen LogP) is 2.09. The largest absolute Gasteiger partial charge is 0.483 e. The van der Waals surface area contributed by atoms with Crippen LogP contribution in [0.5, 0.6) is 5.75 Å². The Morgan fingerprint density at radius 3 is 2.78 bits per heavy atom. The van der Waals surface area contributed by atoms with Crippen LogP contribution in [0, 0.1) is 15.9 Å². The number of hydrogen-bond acceptors (Lipinski definition) is 5. The van der Waals surface area contributed by atoms with Gasteiger partial charge in [0.25, 0.3) is 0 Å². The Bertz CT molecular complexity index is 500. The minimum absolute atomic E-state index is 0.00686. The summed E-state index contributed by atoms with van der Waals surface area (Å²) in [6, 6.07) is 1.55. The number of carbonyl (C=O) groups excluding carboxylic acids is 1. The SMILES string of the molecule is C=CCOc1cc(C(=O)OC)c(F)cc1[N+](=O)[O-]. The van der Waals surface area contributed by atoms with E-state index in [4.69, 9.17) is 4.74 Å². The van der Waals surface area contributed by atoms with Crippen molar-refractivity contribution in [1.29, 1.82) is 0 Å². The van der Waals surface area contributed by atoms with Crippen molar-refractivity contribution in [3.63, 3.8) is 0 Å². The lowest BCUT2D eigenvalue weighted by Crippen LogP contribution is -2.07. The molecule has 0 N–H and O–H groups in total. The zero-order valence-corrected chi connectivity index (χ0v) is 9.51. The molecule has 0 saturated heterocycles. The van der Waals surface area contributed by atoms with Crippen LogP contribution >= 0.6 is 0 Å². The summed E-state index contributed by atoms with van der Waals surface area (Å²) in [6.45, 7) is 3.37. The molecule has 96 valence electrons. The molecule has 1 aromatic rings. The van der Waals surface area contributed by atoms with E-state index >= 15 is 0 Å². The lowest BCUT2D eigenvalue weighted by atomic mass is 10.1. The fourth-order valence-electron chi connectivity index (χ4n) is 1.22. The van der Waals surface area contributed by atoms with Gasteiger partial charge in [0.1, 0.15) is 12.4 Å². The summed E-state index contributed by atoms with van der Waals surface area (Å²) >= 11 is 0. The number of methoxy groups -OCH3 is 1. The molecule has 0 radical (unpaired) electrons. The molecule has 0 spiro atoms. The van der Waals surface area contributed by atoms with Crippen LogP contribution in [0.4, 0.5) is 10.1 Å². The van der Waals surface area contributed by atoms with Crippen molar-refractivity contribution in [2.75, 3.05) is 13.7 Å². The Hall–Kier alpha value is -2.44. The summed E-state index contributed by atoms with van der Waals surface area (Å²) in [5, 5.41) is 10.7. The number of rotatable bonds is 5. The summed E-state index contributed by atoms with van der Waals surface area (Å²) in [6.07, 6.45) is 1.37. The second kappa shape index (κ2) is 5.76. The normalized spacial score (nSPS) is 9.67. The first-order valence-electron chi connectivity index (χ1n) is 4.81. The van der Waals surface area contributed by atoms with Gasteiger partial charge in [0, 0.05) is 6.07 Å². The van der Waals surface area contributed by atoms with Crippen molar-refractivity contribution in [2.24, 2.45) is 0 Å². The van der Waals surface area contributed by atoms with E-state index in [-0.39, 0.29) is 12.4 Å². The molecular weight excluding hydrogens is 245 g/mol. The molecule has 1 aromatic carbocycles. The van der Waals surface area contributed by atoms with Gasteiger partial charge in [-0.05, 0) is 0 Å². The Balaban J connectivity index is 3.30. The fraction of sp³-hybridized carbons (Fsp3) is 0.182. The van der Waals surface area contributed by atoms with Gasteiger partial charge in [-0.3, -0.25) is 10.1 Å². The molecule has 0 atom stereocenters. The first-order chi connectivity index (χ1) is 8.51. The highest BCUT2D eigenvalue weighted by molar-refractivity contribution is 5.90. The number of nitro groups is 1. The van der Waals surface area contributed by atoms with Crippen LogP contribution < -0.4 is 4.74 Å². The average Bonchev–Trinajstić information content (AvgIpc) is 2.35. The molecule has 0 aliphatic rings. The Morgan fingerprint density at radius 2 is 2.28 bits per heavy atom. The number of esters is 1. The van der Waals surface area contributed by atoms with E-state index in [1.54, 1.807) is 0 Å². The summed E-state index contributed by atoms with van der Waals surface area (Å²) in [5.41, 5.74) is -0.996. The molecule has 0 aromatic heterocycles. The van der Waals surface area contributed by atoms with Gasteiger partial charge in [0.2, 0.25) is 0 Å². The zero-order chi connectivity index (χ0) is 13.7. The Morgan fingerprint density at radius 1 is 1.61 bits per heavy atom. The van der Waals surface area contributed by atoms with E-state index in [0.29, 0.717) is 6.07 Å². The molecule has 0 amide bonds. The summed E-state index contributed by atoms with van der Waals surface area (Å²) in [5.74, 6) is -2.20. The third kappa shape index (κ3) is 2.82. The number of nitrogens with zero attached hydrogens (tertiary/aromatic N) is 1. The van der Waals surface area contributed by atoms with Gasteiger partial charge in [-0.15, -0.1) is 0 Å². The standard InChI is InChI=1S/C11H10FNO5/c1-3-4-18-10-5-7(11(14)17-2)8(12)6-9(10)13(15)16/h3,5-6H,1,4H2,2H3. The summed E-state index contributed by atoms with van der Waals surface area (Å²) < 4.78 is 22.8. The van der Waals surface area contributed by atoms with E-state index < -0.39 is 28.0 Å². The van der Waals surface area contributed by atoms with Gasteiger partial charge in [-0.1, -0.05) is 12.7 Å². The Kier molecular flexibility index (Phi) is 4.36. The molecular formula is C11H10FNO5. The number of halogens is 1. The number of ether oxygens (including phenoxy) is 2. The molecule has 6 nitrogen and oxygen atoms in total. The van der Waals surface area contributed by atoms with Crippen molar-refractivity contribution < 1.29 is 23.6 Å². The maximum absolute atomic E-state index is 13.5. The van der Waals surface area contributed by atoms with E-state index in [0.717, 1.165) is 13.2 Å². The van der Waals surface area contributed by atoms with E-state index in [1.165, 1.54) is 6.08 Å². The molecule has 0 aliphatic carbocycles. The molecule has 0 heterocycles. The van der Waals surface area contributed by atoms with Crippen molar-refractivity contribution in [3.8, 4) is 5.75 Å². The lowest BCUT2D eigenvalue weighted by molar-refractivity contribution is -0.386. The number of hydrogen-bond donors (Lipinski definition) is 0. The average molecular weight is 255 g/mol. The summed E-state index contributed by atoms with van der Waals surface area (Å²) in [7, 11) is 1.08. The lowest BCUT2D eigenvalue weighted by Gasteiger charge is -2.07. The topological polar surface area (TPSA) is 78.7 Å². The minimum Gasteiger partial charge on any atom is -0.483 e. The molecule has 0 fully saturated rings. The maximum Gasteiger partial charge on any atom is 0.340 e. The van der Waals surface area contributed by atoms with Crippen LogP contribution in [0.3, 0.4) is 0 Å². The number of nitro benzene ring substituents is 1. The highest BCUT2D eigenvalue weighted by Crippen LogP contribution is 2.30. The smallest absolute Gasteiger partial charge is 0.340 e. The Labute approximate surface area is 102 Å². The van der Waals surface area contributed by atoms with Crippen LogP contribution in [0.25, 0.3) is 0 Å². The third-order valence-electron chi connectivity index (χ3n) is 2.01. The zero-order valence-electron chi connectivity index (χ0n) is 9.51. The molecule has 7 heteroatoms. The first kappa shape index (κ1) is 13.6. The molecule has 0 bridgehead atoms. The van der Waals surface area contributed by atoms with Crippen LogP contribution in [-0.4, -0.2) is 24.6 Å². The molecule has 0 aliphatic heterocycles. The van der Waals surface area contributed by atoms with E-state index in [2.05, 4.69) is 11.3 Å². The molecule has 1 rings (SSSR count). The van der Waals surface area contributed by atoms with Gasteiger partial charge in [-0.25, -0.2) is 9.18 Å². The van der Waals surface area contributed by atoms with Crippen molar-refractivity contribution in [3.05, 3.63) is 46.3 Å². The fourth-order valence-corrected chi connectivity index (χ4v) is 1.22. The van der Waals surface area contributed by atoms with Crippen LogP contribution in [0.15, 0.2) is 24.8 Å². The minimum atomic E-state index is -1.04. The van der Waals surface area contributed by atoms with Crippen LogP contribution in [0.1, 0.15) is 10.4 Å². The monoisotopic (exact) mass is 255 g/mol. The first-order valence-corrected chi connectivity index (χ1v) is 4.81. The third-order valence-corrected chi connectivity index (χ3v) is 2.01. The van der Waals surface area contributed by atoms with Gasteiger partial charge in [-0.2, -0.15) is 0 Å². The number of carbonyl (C=O) groups is 1. The second-order valence-corrected chi connectivity index (χ2v) is 3.15.